The van der Waals surface area contributed by atoms with Crippen molar-refractivity contribution in [1.29, 1.82) is 0 Å². The number of benzene rings is 2. The standard InChI is InChI=1S/C24H26N2O2/c1-3-22(18-7-5-4-6-8-18)24(23-14-11-20(27)17-26-23)19-9-12-21(13-10-19)28-16-15-25-2/h4-14,17,25,27H,3,15-16H2,1-2H3/b24-22+. The van der Waals surface area contributed by atoms with Crippen LogP contribution in [0.25, 0.3) is 11.1 Å². The van der Waals surface area contributed by atoms with E-state index < -0.39 is 0 Å². The van der Waals surface area contributed by atoms with Crippen molar-refractivity contribution >= 4 is 11.1 Å². The van der Waals surface area contributed by atoms with Crippen LogP contribution < -0.4 is 10.1 Å². The summed E-state index contributed by atoms with van der Waals surface area (Å²) in [5.41, 5.74) is 5.35. The molecule has 0 fully saturated rings. The van der Waals surface area contributed by atoms with Gasteiger partial charge in [0.05, 0.1) is 11.9 Å². The minimum absolute atomic E-state index is 0.161. The van der Waals surface area contributed by atoms with Gasteiger partial charge in [-0.25, -0.2) is 0 Å². The van der Waals surface area contributed by atoms with Gasteiger partial charge in [0, 0.05) is 12.1 Å². The molecule has 3 aromatic rings. The summed E-state index contributed by atoms with van der Waals surface area (Å²) in [6.07, 6.45) is 2.35. The number of likely N-dealkylation sites (N-methyl/N-ethyl adjacent to an activating group) is 1. The second-order valence-electron chi connectivity index (χ2n) is 6.45. The maximum absolute atomic E-state index is 9.66. The minimum Gasteiger partial charge on any atom is -0.506 e. The van der Waals surface area contributed by atoms with E-state index >= 15 is 0 Å². The minimum atomic E-state index is 0.161. The molecule has 0 radical (unpaired) electrons. The average Bonchev–Trinajstić information content (AvgIpc) is 2.74. The zero-order valence-corrected chi connectivity index (χ0v) is 16.4. The Labute approximate surface area is 166 Å². The number of rotatable bonds is 8. The highest BCUT2D eigenvalue weighted by molar-refractivity contribution is 5.97. The van der Waals surface area contributed by atoms with Gasteiger partial charge in [-0.3, -0.25) is 4.98 Å². The summed E-state index contributed by atoms with van der Waals surface area (Å²) in [5.74, 6) is 1.00. The van der Waals surface area contributed by atoms with Crippen LogP contribution in [-0.4, -0.2) is 30.3 Å². The predicted molar refractivity (Wildman–Crippen MR) is 114 cm³/mol. The van der Waals surface area contributed by atoms with Crippen LogP contribution in [-0.2, 0) is 0 Å². The van der Waals surface area contributed by atoms with Crippen LogP contribution in [0.3, 0.4) is 0 Å². The van der Waals surface area contributed by atoms with Crippen molar-refractivity contribution in [1.82, 2.24) is 10.3 Å². The summed E-state index contributed by atoms with van der Waals surface area (Å²) in [5, 5.41) is 12.7. The SMILES string of the molecule is CC/C(=C(/c1ccc(OCCNC)cc1)c1ccc(O)cn1)c1ccccc1. The van der Waals surface area contributed by atoms with Crippen molar-refractivity contribution in [2.45, 2.75) is 13.3 Å². The Bertz CT molecular complexity index is 902. The van der Waals surface area contributed by atoms with Crippen LogP contribution in [0.2, 0.25) is 0 Å². The lowest BCUT2D eigenvalue weighted by molar-refractivity contribution is 0.318. The molecule has 0 aliphatic rings. The molecule has 2 aromatic carbocycles. The van der Waals surface area contributed by atoms with Crippen molar-refractivity contribution in [2.24, 2.45) is 0 Å². The quantitative estimate of drug-likeness (QED) is 0.441. The van der Waals surface area contributed by atoms with E-state index in [1.807, 2.05) is 43.4 Å². The van der Waals surface area contributed by atoms with Crippen LogP contribution in [0.5, 0.6) is 11.5 Å². The molecule has 1 heterocycles. The number of nitrogens with one attached hydrogen (secondary N) is 1. The van der Waals surface area contributed by atoms with E-state index in [1.54, 1.807) is 6.07 Å². The van der Waals surface area contributed by atoms with Gasteiger partial charge >= 0.3 is 0 Å². The molecule has 28 heavy (non-hydrogen) atoms. The van der Waals surface area contributed by atoms with Crippen molar-refractivity contribution < 1.29 is 9.84 Å². The van der Waals surface area contributed by atoms with Crippen molar-refractivity contribution in [3.8, 4) is 11.5 Å². The van der Waals surface area contributed by atoms with Crippen LogP contribution in [0.4, 0.5) is 0 Å². The van der Waals surface area contributed by atoms with E-state index in [2.05, 4.69) is 41.5 Å². The Kier molecular flexibility index (Phi) is 6.82. The molecule has 1 aromatic heterocycles. The molecule has 0 saturated carbocycles. The third-order valence-electron chi connectivity index (χ3n) is 4.55. The van der Waals surface area contributed by atoms with E-state index in [9.17, 15) is 5.11 Å². The molecule has 0 amide bonds. The van der Waals surface area contributed by atoms with Gasteiger partial charge in [0.25, 0.3) is 0 Å². The van der Waals surface area contributed by atoms with E-state index in [4.69, 9.17) is 4.74 Å². The summed E-state index contributed by atoms with van der Waals surface area (Å²) in [7, 11) is 1.91. The summed E-state index contributed by atoms with van der Waals surface area (Å²) < 4.78 is 5.75. The first-order valence-corrected chi connectivity index (χ1v) is 9.54. The fourth-order valence-electron chi connectivity index (χ4n) is 3.16. The molecule has 144 valence electrons. The van der Waals surface area contributed by atoms with Gasteiger partial charge in [-0.05, 0) is 54.4 Å². The van der Waals surface area contributed by atoms with Gasteiger partial charge in [-0.15, -0.1) is 0 Å². The molecule has 0 aliphatic heterocycles. The number of aromatic nitrogens is 1. The number of hydrogen-bond donors (Lipinski definition) is 2. The molecule has 0 saturated heterocycles. The topological polar surface area (TPSA) is 54.4 Å². The normalized spacial score (nSPS) is 11.8. The van der Waals surface area contributed by atoms with Crippen LogP contribution in [0.1, 0.15) is 30.2 Å². The molecule has 4 heteroatoms. The Morgan fingerprint density at radius 1 is 0.964 bits per heavy atom. The number of hydrogen-bond acceptors (Lipinski definition) is 4. The fourth-order valence-corrected chi connectivity index (χ4v) is 3.16. The van der Waals surface area contributed by atoms with Gasteiger partial charge in [0.2, 0.25) is 0 Å². The van der Waals surface area contributed by atoms with Gasteiger partial charge in [0.15, 0.2) is 0 Å². The second kappa shape index (κ2) is 9.72. The van der Waals surface area contributed by atoms with Crippen molar-refractivity contribution in [3.05, 3.63) is 89.7 Å². The molecule has 4 nitrogen and oxygen atoms in total. The van der Waals surface area contributed by atoms with Crippen LogP contribution in [0, 0.1) is 0 Å². The lowest BCUT2D eigenvalue weighted by atomic mass is 9.90. The Balaban J connectivity index is 2.06. The third kappa shape index (κ3) is 4.78. The number of aromatic hydroxyl groups is 1. The summed E-state index contributed by atoms with van der Waals surface area (Å²) in [6, 6.07) is 22.0. The second-order valence-corrected chi connectivity index (χ2v) is 6.45. The van der Waals surface area contributed by atoms with Crippen molar-refractivity contribution in [3.63, 3.8) is 0 Å². The van der Waals surface area contributed by atoms with E-state index in [0.717, 1.165) is 35.5 Å². The maximum Gasteiger partial charge on any atom is 0.133 e. The lowest BCUT2D eigenvalue weighted by Gasteiger charge is -2.16. The van der Waals surface area contributed by atoms with Crippen molar-refractivity contribution in [2.75, 3.05) is 20.2 Å². The highest BCUT2D eigenvalue weighted by Crippen LogP contribution is 2.34. The molecule has 2 N–H and O–H groups in total. The third-order valence-corrected chi connectivity index (χ3v) is 4.55. The predicted octanol–water partition coefficient (Wildman–Crippen LogP) is 4.75. The number of nitrogens with zero attached hydrogens (tertiary/aromatic N) is 1. The van der Waals surface area contributed by atoms with E-state index in [0.29, 0.717) is 6.61 Å². The first-order valence-electron chi connectivity index (χ1n) is 9.54. The van der Waals surface area contributed by atoms with E-state index in [-0.39, 0.29) is 5.75 Å². The zero-order chi connectivity index (χ0) is 19.8. The highest BCUT2D eigenvalue weighted by Gasteiger charge is 2.14. The number of ether oxygens (including phenoxy) is 1. The Morgan fingerprint density at radius 3 is 2.32 bits per heavy atom. The van der Waals surface area contributed by atoms with Gasteiger partial charge in [-0.2, -0.15) is 0 Å². The summed E-state index contributed by atoms with van der Waals surface area (Å²) >= 11 is 0. The van der Waals surface area contributed by atoms with Gasteiger partial charge in [0.1, 0.15) is 18.1 Å². The maximum atomic E-state index is 9.66. The fraction of sp³-hybridized carbons (Fsp3) is 0.208. The zero-order valence-electron chi connectivity index (χ0n) is 16.4. The molecule has 0 unspecified atom stereocenters. The number of allylic oxidation sites excluding steroid dienone is 1. The van der Waals surface area contributed by atoms with Crippen LogP contribution in [0.15, 0.2) is 72.9 Å². The molecular weight excluding hydrogens is 348 g/mol. The first kappa shape index (κ1) is 19.6. The molecule has 3 rings (SSSR count). The molecule has 0 atom stereocenters. The number of pyridine rings is 1. The smallest absolute Gasteiger partial charge is 0.133 e. The summed E-state index contributed by atoms with van der Waals surface area (Å²) in [6.45, 7) is 3.58. The highest BCUT2D eigenvalue weighted by atomic mass is 16.5. The van der Waals surface area contributed by atoms with E-state index in [1.165, 1.54) is 17.3 Å². The monoisotopic (exact) mass is 374 g/mol. The molecule has 0 bridgehead atoms. The Morgan fingerprint density at radius 2 is 1.71 bits per heavy atom. The molecule has 0 aliphatic carbocycles. The molecule has 0 spiro atoms. The summed E-state index contributed by atoms with van der Waals surface area (Å²) in [4.78, 5) is 4.49. The average molecular weight is 374 g/mol. The largest absolute Gasteiger partial charge is 0.506 e. The first-order chi connectivity index (χ1) is 13.7. The Hall–Kier alpha value is -3.11. The molecular formula is C24H26N2O2. The van der Waals surface area contributed by atoms with Gasteiger partial charge < -0.3 is 15.2 Å². The lowest BCUT2D eigenvalue weighted by Crippen LogP contribution is -2.15. The van der Waals surface area contributed by atoms with Gasteiger partial charge in [-0.1, -0.05) is 49.4 Å². The van der Waals surface area contributed by atoms with Crippen LogP contribution >= 0.6 is 0 Å².